The maximum Gasteiger partial charge on any atom is 0.183 e. The van der Waals surface area contributed by atoms with Gasteiger partial charge in [0.25, 0.3) is 0 Å². The number of ether oxygens (including phenoxy) is 1. The topological polar surface area (TPSA) is 85.5 Å². The van der Waals surface area contributed by atoms with E-state index in [-0.39, 0.29) is 0 Å². The summed E-state index contributed by atoms with van der Waals surface area (Å²) in [5.41, 5.74) is 0.314. The van der Waals surface area contributed by atoms with Gasteiger partial charge in [0, 0.05) is 57.8 Å². The Hall–Kier alpha value is -1.75. The predicted molar refractivity (Wildman–Crippen MR) is 80.4 cm³/mol. The molecule has 1 aromatic heterocycles. The fourth-order valence-corrected chi connectivity index (χ4v) is 3.23. The van der Waals surface area contributed by atoms with Crippen LogP contribution in [-0.2, 0) is 4.74 Å². The molecule has 2 fully saturated rings. The molecule has 118 valence electrons. The Balaban J connectivity index is 1.72. The summed E-state index contributed by atoms with van der Waals surface area (Å²) in [5.74, 6) is 0.567. The van der Waals surface area contributed by atoms with Gasteiger partial charge < -0.3 is 14.7 Å². The van der Waals surface area contributed by atoms with Crippen LogP contribution in [0.25, 0.3) is 0 Å². The lowest BCUT2D eigenvalue weighted by atomic mass is 10.1. The molecule has 0 aliphatic carbocycles. The molecule has 2 saturated heterocycles. The molecule has 0 unspecified atom stereocenters. The van der Waals surface area contributed by atoms with Crippen molar-refractivity contribution in [2.45, 2.75) is 25.0 Å². The molecule has 0 amide bonds. The van der Waals surface area contributed by atoms with Crippen LogP contribution in [0.2, 0.25) is 0 Å². The quantitative estimate of drug-likeness (QED) is 0.823. The minimum atomic E-state index is -0.459. The summed E-state index contributed by atoms with van der Waals surface area (Å²) in [6.45, 7) is 4.31. The number of aliphatic hydroxyl groups is 1. The van der Waals surface area contributed by atoms with Gasteiger partial charge in [-0.15, -0.1) is 0 Å². The Kier molecular flexibility index (Phi) is 4.83. The van der Waals surface area contributed by atoms with Crippen molar-refractivity contribution in [1.82, 2.24) is 14.9 Å². The van der Waals surface area contributed by atoms with E-state index >= 15 is 0 Å². The van der Waals surface area contributed by atoms with Crippen LogP contribution in [0.5, 0.6) is 0 Å². The molecule has 1 aromatic rings. The average molecular weight is 303 g/mol. The first-order valence-corrected chi connectivity index (χ1v) is 7.74. The first kappa shape index (κ1) is 15.2. The molecule has 7 heteroatoms. The van der Waals surface area contributed by atoms with Crippen LogP contribution in [0.4, 0.5) is 5.82 Å². The highest BCUT2D eigenvalue weighted by Gasteiger charge is 2.28. The maximum atomic E-state index is 10.3. The second kappa shape index (κ2) is 7.01. The fraction of sp³-hybridized carbons (Fsp3) is 0.667. The van der Waals surface area contributed by atoms with Crippen molar-refractivity contribution in [2.75, 3.05) is 44.3 Å². The normalized spacial score (nSPS) is 24.7. The summed E-state index contributed by atoms with van der Waals surface area (Å²) in [7, 11) is 0. The largest absolute Gasteiger partial charge is 0.390 e. The Bertz CT molecular complexity index is 541. The molecule has 2 aliphatic heterocycles. The smallest absolute Gasteiger partial charge is 0.183 e. The summed E-state index contributed by atoms with van der Waals surface area (Å²) >= 11 is 0. The number of nitriles is 1. The van der Waals surface area contributed by atoms with Crippen molar-refractivity contribution in [3.05, 3.63) is 18.1 Å². The number of nitrogens with zero attached hydrogens (tertiary/aromatic N) is 5. The minimum absolute atomic E-state index is 0.314. The molecule has 0 bridgehead atoms. The van der Waals surface area contributed by atoms with Crippen LogP contribution < -0.4 is 4.90 Å². The van der Waals surface area contributed by atoms with Gasteiger partial charge in [-0.2, -0.15) is 5.26 Å². The van der Waals surface area contributed by atoms with Gasteiger partial charge in [-0.1, -0.05) is 0 Å². The zero-order valence-corrected chi connectivity index (χ0v) is 12.6. The van der Waals surface area contributed by atoms with Crippen LogP contribution in [-0.4, -0.2) is 71.5 Å². The van der Waals surface area contributed by atoms with E-state index < -0.39 is 6.10 Å². The molecule has 3 rings (SSSR count). The molecule has 0 radical (unpaired) electrons. The number of β-amino-alcohol motifs (C(OH)–C–C–N with tert-alkyl or cyclic N) is 1. The van der Waals surface area contributed by atoms with Crippen LogP contribution in [0.15, 0.2) is 12.4 Å². The standard InChI is InChI=1S/C15H21N5O2/c16-9-14-15(18-4-3-17-14)20-6-5-19(10-13(21)11-20)12-1-7-22-8-2-12/h3-4,12-13,21H,1-2,5-8,10-11H2/t13-/m1/s1. The average Bonchev–Trinajstić information content (AvgIpc) is 2.77. The van der Waals surface area contributed by atoms with Gasteiger partial charge in [0.15, 0.2) is 11.5 Å². The summed E-state index contributed by atoms with van der Waals surface area (Å²) in [4.78, 5) is 12.6. The molecule has 0 saturated carbocycles. The minimum Gasteiger partial charge on any atom is -0.390 e. The van der Waals surface area contributed by atoms with E-state index in [9.17, 15) is 10.4 Å². The number of anilines is 1. The highest BCUT2D eigenvalue weighted by molar-refractivity contribution is 5.49. The molecule has 0 spiro atoms. The van der Waals surface area contributed by atoms with Gasteiger partial charge in [-0.25, -0.2) is 9.97 Å². The van der Waals surface area contributed by atoms with Crippen molar-refractivity contribution in [3.8, 4) is 6.07 Å². The molecular formula is C15H21N5O2. The summed E-state index contributed by atoms with van der Waals surface area (Å²) in [5, 5.41) is 19.5. The lowest BCUT2D eigenvalue weighted by molar-refractivity contribution is 0.0219. The monoisotopic (exact) mass is 303 g/mol. The highest BCUT2D eigenvalue weighted by Crippen LogP contribution is 2.20. The lowest BCUT2D eigenvalue weighted by Crippen LogP contribution is -2.43. The third kappa shape index (κ3) is 3.35. The Morgan fingerprint density at radius 2 is 1.95 bits per heavy atom. The number of rotatable bonds is 2. The van der Waals surface area contributed by atoms with E-state index in [2.05, 4.69) is 20.9 Å². The summed E-state index contributed by atoms with van der Waals surface area (Å²) in [6, 6.07) is 2.55. The van der Waals surface area contributed by atoms with Crippen molar-refractivity contribution in [3.63, 3.8) is 0 Å². The summed E-state index contributed by atoms with van der Waals surface area (Å²) in [6.07, 6.45) is 4.68. The van der Waals surface area contributed by atoms with Gasteiger partial charge >= 0.3 is 0 Å². The van der Waals surface area contributed by atoms with E-state index in [1.165, 1.54) is 6.20 Å². The van der Waals surface area contributed by atoms with E-state index in [1.54, 1.807) is 6.20 Å². The SMILES string of the molecule is N#Cc1nccnc1N1CCN(C2CCOCC2)C[C@@H](O)C1. The molecule has 22 heavy (non-hydrogen) atoms. The second-order valence-electron chi connectivity index (χ2n) is 5.78. The first-order valence-electron chi connectivity index (χ1n) is 7.74. The Labute approximate surface area is 130 Å². The molecule has 2 aliphatic rings. The Morgan fingerprint density at radius 1 is 1.18 bits per heavy atom. The maximum absolute atomic E-state index is 10.3. The second-order valence-corrected chi connectivity index (χ2v) is 5.78. The highest BCUT2D eigenvalue weighted by atomic mass is 16.5. The first-order chi connectivity index (χ1) is 10.8. The van der Waals surface area contributed by atoms with Crippen LogP contribution in [0.3, 0.4) is 0 Å². The number of hydrogen-bond donors (Lipinski definition) is 1. The van der Waals surface area contributed by atoms with E-state index in [0.29, 0.717) is 30.6 Å². The third-order valence-electron chi connectivity index (χ3n) is 4.33. The van der Waals surface area contributed by atoms with E-state index in [1.807, 2.05) is 4.90 Å². The van der Waals surface area contributed by atoms with Crippen LogP contribution in [0.1, 0.15) is 18.5 Å². The molecular weight excluding hydrogens is 282 g/mol. The van der Waals surface area contributed by atoms with Gasteiger partial charge in [-0.3, -0.25) is 4.90 Å². The van der Waals surface area contributed by atoms with Crippen molar-refractivity contribution < 1.29 is 9.84 Å². The molecule has 7 nitrogen and oxygen atoms in total. The molecule has 3 heterocycles. The van der Waals surface area contributed by atoms with Crippen LogP contribution >= 0.6 is 0 Å². The molecule has 1 N–H and O–H groups in total. The van der Waals surface area contributed by atoms with Gasteiger partial charge in [0.2, 0.25) is 0 Å². The van der Waals surface area contributed by atoms with Crippen molar-refractivity contribution in [2.24, 2.45) is 0 Å². The summed E-state index contributed by atoms with van der Waals surface area (Å²) < 4.78 is 5.42. The van der Waals surface area contributed by atoms with Crippen molar-refractivity contribution >= 4 is 5.82 Å². The van der Waals surface area contributed by atoms with E-state index in [4.69, 9.17) is 4.74 Å². The van der Waals surface area contributed by atoms with E-state index in [0.717, 1.165) is 39.1 Å². The molecule has 1 atom stereocenters. The predicted octanol–water partition coefficient (Wildman–Crippen LogP) is 0.0102. The fourth-order valence-electron chi connectivity index (χ4n) is 3.23. The van der Waals surface area contributed by atoms with Gasteiger partial charge in [0.05, 0.1) is 6.10 Å². The van der Waals surface area contributed by atoms with Crippen molar-refractivity contribution in [1.29, 1.82) is 5.26 Å². The zero-order valence-electron chi connectivity index (χ0n) is 12.6. The number of aromatic nitrogens is 2. The Morgan fingerprint density at radius 3 is 2.73 bits per heavy atom. The number of aliphatic hydroxyl groups excluding tert-OH is 1. The van der Waals surface area contributed by atoms with Gasteiger partial charge in [-0.05, 0) is 12.8 Å². The van der Waals surface area contributed by atoms with Crippen LogP contribution in [0, 0.1) is 11.3 Å². The number of hydrogen-bond acceptors (Lipinski definition) is 7. The zero-order chi connectivity index (χ0) is 15.4. The lowest BCUT2D eigenvalue weighted by Gasteiger charge is -2.33. The van der Waals surface area contributed by atoms with Gasteiger partial charge in [0.1, 0.15) is 6.07 Å². The third-order valence-corrected chi connectivity index (χ3v) is 4.33. The molecule has 0 aromatic carbocycles.